The van der Waals surface area contributed by atoms with Gasteiger partial charge in [0.1, 0.15) is 6.07 Å². The summed E-state index contributed by atoms with van der Waals surface area (Å²) in [6.07, 6.45) is 0.182. The monoisotopic (exact) mass is 289 g/mol. The summed E-state index contributed by atoms with van der Waals surface area (Å²) in [5.74, 6) is -0.900. The number of esters is 1. The smallest absolute Gasteiger partial charge is 0.446 e. The number of aldehydes is 1. The number of halogens is 3. The molecule has 1 aromatic carbocycles. The lowest BCUT2D eigenvalue weighted by atomic mass is 10.1. The number of methoxy groups -OCH3 is 1. The average Bonchev–Trinajstić information content (AvgIpc) is 2.35. The van der Waals surface area contributed by atoms with Gasteiger partial charge < -0.3 is 4.74 Å². The molecule has 4 nitrogen and oxygen atoms in total. The van der Waals surface area contributed by atoms with Crippen molar-refractivity contribution in [3.8, 4) is 6.07 Å². The fourth-order valence-corrected chi connectivity index (χ4v) is 1.92. The number of nitrogens with zero attached hydrogens (tertiary/aromatic N) is 1. The van der Waals surface area contributed by atoms with Crippen LogP contribution >= 0.6 is 11.8 Å². The summed E-state index contributed by atoms with van der Waals surface area (Å²) in [6.45, 7) is 0. The van der Waals surface area contributed by atoms with Gasteiger partial charge in [-0.15, -0.1) is 0 Å². The van der Waals surface area contributed by atoms with E-state index in [0.29, 0.717) is 0 Å². The third-order valence-electron chi connectivity index (χ3n) is 2.03. The van der Waals surface area contributed by atoms with Crippen LogP contribution in [0.2, 0.25) is 0 Å². The van der Waals surface area contributed by atoms with Crippen LogP contribution in [0.15, 0.2) is 17.0 Å². The first kappa shape index (κ1) is 15.0. The second-order valence-corrected chi connectivity index (χ2v) is 4.31. The Morgan fingerprint density at radius 1 is 1.47 bits per heavy atom. The standard InChI is InChI=1S/C11H6F3NO3S/c1-18-10(17)8-2-7(5-16)9(3-6(8)4-15)19-11(12,13)14/h2-3,5H,1H3. The van der Waals surface area contributed by atoms with E-state index in [-0.39, 0.29) is 23.0 Å². The van der Waals surface area contributed by atoms with Gasteiger partial charge in [-0.3, -0.25) is 4.79 Å². The van der Waals surface area contributed by atoms with Gasteiger partial charge in [0, 0.05) is 10.5 Å². The summed E-state index contributed by atoms with van der Waals surface area (Å²) in [4.78, 5) is 21.7. The molecule has 0 radical (unpaired) electrons. The number of nitriles is 1. The van der Waals surface area contributed by atoms with Crippen molar-refractivity contribution in [2.24, 2.45) is 0 Å². The van der Waals surface area contributed by atoms with E-state index in [9.17, 15) is 22.8 Å². The van der Waals surface area contributed by atoms with Gasteiger partial charge in [-0.2, -0.15) is 18.4 Å². The van der Waals surface area contributed by atoms with Crippen LogP contribution < -0.4 is 0 Å². The van der Waals surface area contributed by atoms with Crippen LogP contribution in [0.3, 0.4) is 0 Å². The van der Waals surface area contributed by atoms with E-state index in [0.717, 1.165) is 19.2 Å². The highest BCUT2D eigenvalue weighted by atomic mass is 32.2. The maximum absolute atomic E-state index is 12.3. The van der Waals surface area contributed by atoms with Crippen LogP contribution in [0.1, 0.15) is 26.3 Å². The molecular formula is C11H6F3NO3S. The number of alkyl halides is 3. The molecule has 0 aliphatic carbocycles. The number of carbonyl (C=O) groups excluding carboxylic acids is 2. The Balaban J connectivity index is 3.40. The van der Waals surface area contributed by atoms with Crippen LogP contribution in [0.5, 0.6) is 0 Å². The van der Waals surface area contributed by atoms with Crippen molar-refractivity contribution in [3.63, 3.8) is 0 Å². The van der Waals surface area contributed by atoms with E-state index >= 15 is 0 Å². The molecule has 0 aliphatic rings. The molecule has 0 amide bonds. The molecule has 0 spiro atoms. The van der Waals surface area contributed by atoms with Gasteiger partial charge in [0.2, 0.25) is 0 Å². The van der Waals surface area contributed by atoms with Gasteiger partial charge in [0.25, 0.3) is 0 Å². The molecule has 0 saturated heterocycles. The summed E-state index contributed by atoms with van der Waals surface area (Å²) in [7, 11) is 1.06. The maximum Gasteiger partial charge on any atom is 0.446 e. The second-order valence-electron chi connectivity index (χ2n) is 3.20. The minimum Gasteiger partial charge on any atom is -0.465 e. The highest BCUT2D eigenvalue weighted by molar-refractivity contribution is 8.00. The summed E-state index contributed by atoms with van der Waals surface area (Å²) in [5.41, 5.74) is -5.47. The first-order valence-electron chi connectivity index (χ1n) is 4.69. The minimum atomic E-state index is -4.60. The normalized spacial score (nSPS) is 10.7. The largest absolute Gasteiger partial charge is 0.465 e. The number of carbonyl (C=O) groups is 2. The lowest BCUT2D eigenvalue weighted by molar-refractivity contribution is -0.0328. The summed E-state index contributed by atoms with van der Waals surface area (Å²) < 4.78 is 41.3. The molecule has 0 bridgehead atoms. The minimum absolute atomic E-state index is 0.182. The van der Waals surface area contributed by atoms with Gasteiger partial charge in [0.05, 0.1) is 18.2 Å². The molecule has 1 rings (SSSR count). The lowest BCUT2D eigenvalue weighted by Gasteiger charge is -2.10. The van der Waals surface area contributed by atoms with Crippen molar-refractivity contribution in [1.29, 1.82) is 5.26 Å². The van der Waals surface area contributed by atoms with Crippen LogP contribution in [0.4, 0.5) is 13.2 Å². The maximum atomic E-state index is 12.3. The van der Waals surface area contributed by atoms with E-state index in [2.05, 4.69) is 4.74 Å². The fraction of sp³-hybridized carbons (Fsp3) is 0.182. The van der Waals surface area contributed by atoms with Crippen LogP contribution in [0, 0.1) is 11.3 Å². The van der Waals surface area contributed by atoms with E-state index in [1.165, 1.54) is 0 Å². The highest BCUT2D eigenvalue weighted by Gasteiger charge is 2.31. The van der Waals surface area contributed by atoms with Gasteiger partial charge >= 0.3 is 11.5 Å². The Hall–Kier alpha value is -2.01. The van der Waals surface area contributed by atoms with Crippen molar-refractivity contribution < 1.29 is 27.5 Å². The number of hydrogen-bond acceptors (Lipinski definition) is 5. The molecule has 1 aromatic rings. The molecule has 0 atom stereocenters. The molecular weight excluding hydrogens is 283 g/mol. The van der Waals surface area contributed by atoms with Gasteiger partial charge in [-0.05, 0) is 23.9 Å². The predicted octanol–water partition coefficient (Wildman–Crippen LogP) is 2.77. The van der Waals surface area contributed by atoms with Crippen molar-refractivity contribution in [3.05, 3.63) is 28.8 Å². The predicted molar refractivity (Wildman–Crippen MR) is 59.8 cm³/mol. The highest BCUT2D eigenvalue weighted by Crippen LogP contribution is 2.39. The van der Waals surface area contributed by atoms with E-state index in [1.807, 2.05) is 0 Å². The Morgan fingerprint density at radius 2 is 2.11 bits per heavy atom. The van der Waals surface area contributed by atoms with Crippen molar-refractivity contribution in [2.45, 2.75) is 10.4 Å². The van der Waals surface area contributed by atoms with Crippen LogP contribution in [-0.4, -0.2) is 24.9 Å². The molecule has 0 unspecified atom stereocenters. The molecule has 0 aliphatic heterocycles. The molecule has 0 aromatic heterocycles. The Kier molecular flexibility index (Phi) is 4.56. The van der Waals surface area contributed by atoms with Gasteiger partial charge in [-0.25, -0.2) is 4.79 Å². The summed E-state index contributed by atoms with van der Waals surface area (Å²) >= 11 is -0.525. The second kappa shape index (κ2) is 5.75. The first-order valence-corrected chi connectivity index (χ1v) is 5.51. The van der Waals surface area contributed by atoms with Crippen molar-refractivity contribution >= 4 is 24.0 Å². The Bertz CT molecular complexity index is 564. The molecule has 19 heavy (non-hydrogen) atoms. The third-order valence-corrected chi connectivity index (χ3v) is 2.83. The van der Waals surface area contributed by atoms with Crippen molar-refractivity contribution in [2.75, 3.05) is 7.11 Å². The topological polar surface area (TPSA) is 67.2 Å². The van der Waals surface area contributed by atoms with E-state index in [4.69, 9.17) is 5.26 Å². The third kappa shape index (κ3) is 3.72. The number of ether oxygens (including phenoxy) is 1. The lowest BCUT2D eigenvalue weighted by Crippen LogP contribution is -2.07. The quantitative estimate of drug-likeness (QED) is 0.486. The number of thioether (sulfide) groups is 1. The molecule has 0 heterocycles. The Labute approximate surface area is 110 Å². The number of benzene rings is 1. The Morgan fingerprint density at radius 3 is 2.53 bits per heavy atom. The molecule has 0 saturated carbocycles. The fourth-order valence-electron chi connectivity index (χ4n) is 1.27. The SMILES string of the molecule is COC(=O)c1cc(C=O)c(SC(F)(F)F)cc1C#N. The number of hydrogen-bond donors (Lipinski definition) is 0. The molecule has 0 fully saturated rings. The van der Waals surface area contributed by atoms with Gasteiger partial charge in [0.15, 0.2) is 6.29 Å². The van der Waals surface area contributed by atoms with Crippen LogP contribution in [0.25, 0.3) is 0 Å². The average molecular weight is 289 g/mol. The van der Waals surface area contributed by atoms with Crippen molar-refractivity contribution in [1.82, 2.24) is 0 Å². The zero-order valence-corrected chi connectivity index (χ0v) is 10.3. The summed E-state index contributed by atoms with van der Waals surface area (Å²) in [5, 5.41) is 8.81. The van der Waals surface area contributed by atoms with Crippen LogP contribution in [-0.2, 0) is 4.74 Å². The molecule has 8 heteroatoms. The summed E-state index contributed by atoms with van der Waals surface area (Å²) in [6, 6.07) is 3.34. The zero-order valence-electron chi connectivity index (χ0n) is 9.45. The molecule has 0 N–H and O–H groups in total. The van der Waals surface area contributed by atoms with E-state index in [1.54, 1.807) is 6.07 Å². The number of rotatable bonds is 3. The molecule has 100 valence electrons. The zero-order chi connectivity index (χ0) is 14.6. The van der Waals surface area contributed by atoms with E-state index < -0.39 is 28.1 Å². The first-order chi connectivity index (χ1) is 8.82. The van der Waals surface area contributed by atoms with Gasteiger partial charge in [-0.1, -0.05) is 0 Å².